The van der Waals surface area contributed by atoms with Crippen molar-refractivity contribution in [2.45, 2.75) is 26.2 Å². The van der Waals surface area contributed by atoms with Crippen molar-refractivity contribution in [3.63, 3.8) is 0 Å². The Balaban J connectivity index is 2.18. The average molecular weight is 212 g/mol. The van der Waals surface area contributed by atoms with Crippen molar-refractivity contribution in [2.75, 3.05) is 6.61 Å². The van der Waals surface area contributed by atoms with E-state index in [-0.39, 0.29) is 5.88 Å². The second kappa shape index (κ2) is 4.00. The third kappa shape index (κ3) is 2.34. The summed E-state index contributed by atoms with van der Waals surface area (Å²) in [5.74, 6) is -0.127. The Morgan fingerprint density at radius 2 is 2.33 bits per heavy atom. The molecule has 1 aliphatic rings. The Labute approximate surface area is 86.5 Å². The number of aromatic amines is 1. The van der Waals surface area contributed by atoms with E-state index in [1.165, 1.54) is 0 Å². The Morgan fingerprint density at radius 1 is 1.60 bits per heavy atom. The van der Waals surface area contributed by atoms with Gasteiger partial charge in [0.05, 0.1) is 6.61 Å². The van der Waals surface area contributed by atoms with Gasteiger partial charge in [-0.05, 0) is 18.8 Å². The molecule has 0 atom stereocenters. The van der Waals surface area contributed by atoms with E-state index in [1.807, 2.05) is 6.92 Å². The highest BCUT2D eigenvalue weighted by Crippen LogP contribution is 2.29. The summed E-state index contributed by atoms with van der Waals surface area (Å²) in [4.78, 5) is 17.4. The first kappa shape index (κ1) is 10.1. The van der Waals surface area contributed by atoms with Crippen LogP contribution in [-0.4, -0.2) is 16.6 Å². The third-order valence-corrected chi connectivity index (χ3v) is 2.37. The molecule has 0 spiro atoms. The average Bonchev–Trinajstić information content (AvgIpc) is 3.03. The molecule has 4 nitrogen and oxygen atoms in total. The van der Waals surface area contributed by atoms with Gasteiger partial charge in [-0.3, -0.25) is 4.79 Å². The minimum absolute atomic E-state index is 0.164. The zero-order chi connectivity index (χ0) is 10.8. The molecule has 1 heterocycles. The van der Waals surface area contributed by atoms with Crippen molar-refractivity contribution in [2.24, 2.45) is 5.92 Å². The van der Waals surface area contributed by atoms with Crippen LogP contribution >= 0.6 is 0 Å². The Morgan fingerprint density at radius 3 is 2.93 bits per heavy atom. The first-order valence-corrected chi connectivity index (χ1v) is 5.12. The van der Waals surface area contributed by atoms with Crippen LogP contribution in [0.5, 0.6) is 5.88 Å². The molecule has 0 aliphatic heterocycles. The number of hydrogen-bond donors (Lipinski definition) is 1. The Kier molecular flexibility index (Phi) is 2.70. The largest absolute Gasteiger partial charge is 0.475 e. The van der Waals surface area contributed by atoms with Crippen molar-refractivity contribution in [3.8, 4) is 5.88 Å². The molecule has 0 saturated heterocycles. The van der Waals surface area contributed by atoms with Crippen LogP contribution in [0.25, 0.3) is 0 Å². The van der Waals surface area contributed by atoms with Crippen LogP contribution < -0.4 is 10.3 Å². The van der Waals surface area contributed by atoms with Crippen molar-refractivity contribution in [1.82, 2.24) is 9.97 Å². The van der Waals surface area contributed by atoms with Crippen LogP contribution in [0.4, 0.5) is 4.39 Å². The second-order valence-electron chi connectivity index (χ2n) is 3.74. The number of ether oxygens (including phenoxy) is 1. The Hall–Kier alpha value is -1.39. The fraction of sp³-hybridized carbons (Fsp3) is 0.600. The lowest BCUT2D eigenvalue weighted by atomic mass is 10.4. The molecule has 1 N–H and O–H groups in total. The molecule has 5 heteroatoms. The summed E-state index contributed by atoms with van der Waals surface area (Å²) in [7, 11) is 0. The summed E-state index contributed by atoms with van der Waals surface area (Å²) in [6.07, 6.45) is 2.78. The third-order valence-electron chi connectivity index (χ3n) is 2.37. The van der Waals surface area contributed by atoms with Gasteiger partial charge >= 0.3 is 0 Å². The van der Waals surface area contributed by atoms with Gasteiger partial charge in [-0.25, -0.2) is 0 Å². The lowest BCUT2D eigenvalue weighted by molar-refractivity contribution is 0.270. The number of nitrogens with one attached hydrogen (secondary N) is 1. The molecule has 0 amide bonds. The number of rotatable bonds is 4. The van der Waals surface area contributed by atoms with Crippen molar-refractivity contribution in [1.29, 1.82) is 0 Å². The number of halogens is 1. The van der Waals surface area contributed by atoms with Crippen molar-refractivity contribution >= 4 is 0 Å². The molecule has 1 fully saturated rings. The first-order valence-electron chi connectivity index (χ1n) is 5.12. The zero-order valence-electron chi connectivity index (χ0n) is 8.55. The first-order chi connectivity index (χ1) is 7.20. The van der Waals surface area contributed by atoms with Crippen molar-refractivity contribution in [3.05, 3.63) is 22.0 Å². The fourth-order valence-electron chi connectivity index (χ4n) is 1.23. The van der Waals surface area contributed by atoms with E-state index >= 15 is 0 Å². The highest BCUT2D eigenvalue weighted by atomic mass is 19.1. The summed E-state index contributed by atoms with van der Waals surface area (Å²) in [5, 5.41) is 0. The predicted molar refractivity (Wildman–Crippen MR) is 52.4 cm³/mol. The number of H-pyrrole nitrogens is 1. The van der Waals surface area contributed by atoms with Crippen molar-refractivity contribution < 1.29 is 9.13 Å². The molecule has 0 bridgehead atoms. The standard InChI is InChI=1S/C10H13FN2O2/c1-2-7-12-9(14)8(11)10(13-7)15-5-6-3-4-6/h6H,2-5H2,1H3,(H,12,13,14). The van der Waals surface area contributed by atoms with E-state index in [0.29, 0.717) is 24.8 Å². The van der Waals surface area contributed by atoms with E-state index in [2.05, 4.69) is 9.97 Å². The lowest BCUT2D eigenvalue weighted by Gasteiger charge is -2.05. The number of nitrogens with zero attached hydrogens (tertiary/aromatic N) is 1. The van der Waals surface area contributed by atoms with Gasteiger partial charge in [0.2, 0.25) is 5.82 Å². The molecular formula is C10H13FN2O2. The van der Waals surface area contributed by atoms with Crippen LogP contribution in [0, 0.1) is 11.7 Å². The lowest BCUT2D eigenvalue weighted by Crippen LogP contribution is -2.18. The highest BCUT2D eigenvalue weighted by molar-refractivity contribution is 5.12. The molecule has 0 aromatic carbocycles. The SMILES string of the molecule is CCc1nc(OCC2CC2)c(F)c(=O)[nH]1. The summed E-state index contributed by atoms with van der Waals surface area (Å²) in [6.45, 7) is 2.29. The van der Waals surface area contributed by atoms with Crippen LogP contribution in [0.15, 0.2) is 4.79 Å². The maximum Gasteiger partial charge on any atom is 0.291 e. The minimum Gasteiger partial charge on any atom is -0.475 e. The fourth-order valence-corrected chi connectivity index (χ4v) is 1.23. The Bertz CT molecular complexity index is 412. The quantitative estimate of drug-likeness (QED) is 0.817. The second-order valence-corrected chi connectivity index (χ2v) is 3.74. The maximum atomic E-state index is 13.3. The molecular weight excluding hydrogens is 199 g/mol. The normalized spacial score (nSPS) is 15.3. The molecule has 1 aliphatic carbocycles. The van der Waals surface area contributed by atoms with Crippen LogP contribution in [0.3, 0.4) is 0 Å². The van der Waals surface area contributed by atoms with E-state index in [0.717, 1.165) is 12.8 Å². The van der Waals surface area contributed by atoms with Gasteiger partial charge in [0.1, 0.15) is 5.82 Å². The smallest absolute Gasteiger partial charge is 0.291 e. The van der Waals surface area contributed by atoms with Crippen LogP contribution in [0.1, 0.15) is 25.6 Å². The summed E-state index contributed by atoms with van der Waals surface area (Å²) in [5.41, 5.74) is -0.757. The van der Waals surface area contributed by atoms with Gasteiger partial charge in [0.25, 0.3) is 11.4 Å². The van der Waals surface area contributed by atoms with Gasteiger partial charge in [0.15, 0.2) is 0 Å². The molecule has 1 aromatic rings. The maximum absolute atomic E-state index is 13.3. The molecule has 0 radical (unpaired) electrons. The minimum atomic E-state index is -0.923. The number of aryl methyl sites for hydroxylation is 1. The molecule has 82 valence electrons. The van der Waals surface area contributed by atoms with Gasteiger partial charge in [0, 0.05) is 6.42 Å². The molecule has 1 aromatic heterocycles. The van der Waals surface area contributed by atoms with E-state index in [9.17, 15) is 9.18 Å². The zero-order valence-corrected chi connectivity index (χ0v) is 8.55. The molecule has 15 heavy (non-hydrogen) atoms. The van der Waals surface area contributed by atoms with Gasteiger partial charge in [-0.1, -0.05) is 6.92 Å². The van der Waals surface area contributed by atoms with Crippen LogP contribution in [0.2, 0.25) is 0 Å². The topological polar surface area (TPSA) is 55.0 Å². The molecule has 2 rings (SSSR count). The molecule has 0 unspecified atom stereocenters. The predicted octanol–water partition coefficient (Wildman–Crippen LogP) is 1.26. The number of aromatic nitrogens is 2. The van der Waals surface area contributed by atoms with E-state index < -0.39 is 11.4 Å². The number of hydrogen-bond acceptors (Lipinski definition) is 3. The monoisotopic (exact) mass is 212 g/mol. The van der Waals surface area contributed by atoms with Crippen LogP contribution in [-0.2, 0) is 6.42 Å². The summed E-state index contributed by atoms with van der Waals surface area (Å²) < 4.78 is 18.4. The van der Waals surface area contributed by atoms with Gasteiger partial charge in [-0.2, -0.15) is 9.37 Å². The van der Waals surface area contributed by atoms with E-state index in [1.54, 1.807) is 0 Å². The summed E-state index contributed by atoms with van der Waals surface area (Å²) >= 11 is 0. The molecule has 1 saturated carbocycles. The highest BCUT2D eigenvalue weighted by Gasteiger charge is 2.23. The van der Waals surface area contributed by atoms with E-state index in [4.69, 9.17) is 4.74 Å². The van der Waals surface area contributed by atoms with Gasteiger partial charge < -0.3 is 9.72 Å². The summed E-state index contributed by atoms with van der Waals surface area (Å²) in [6, 6.07) is 0. The van der Waals surface area contributed by atoms with Gasteiger partial charge in [-0.15, -0.1) is 0 Å².